The van der Waals surface area contributed by atoms with Gasteiger partial charge in [0.2, 0.25) is 11.9 Å². The summed E-state index contributed by atoms with van der Waals surface area (Å²) in [5.41, 5.74) is 10.3. The minimum atomic E-state index is -3.68. The molecule has 0 amide bonds. The Bertz CT molecular complexity index is 4810. The highest BCUT2D eigenvalue weighted by Crippen LogP contribution is 2.70. The molecule has 0 nitrogen and oxygen atoms in total. The van der Waals surface area contributed by atoms with Crippen LogP contribution in [0, 0.1) is 71.0 Å². The largest absolute Gasteiger partial charge is 0.389 e. The van der Waals surface area contributed by atoms with Gasteiger partial charge in [0, 0.05) is 14.5 Å². The Labute approximate surface area is 928 Å². The van der Waals surface area contributed by atoms with E-state index in [1.54, 1.807) is 11.7 Å². The van der Waals surface area contributed by atoms with Crippen LogP contribution in [0.4, 0.5) is 16.8 Å². The van der Waals surface area contributed by atoms with Crippen molar-refractivity contribution in [2.45, 2.75) is 303 Å². The molecule has 0 spiro atoms. The molecule has 0 N–H and O–H groups in total. The SMILES string of the molecule is CC(C)C1CCC(C[P+](C)(Cl)Cl)CC1.CC(C)C1CCC(C[P+](C)(F)F)CC1.CC(C)C1CCC(C[P+](c2ccccc2)(c2ccccc2)c2ccccc2)CC1.CC(C)c1ccc(C[P+](C)(Cl)Cl)cc1.CC(C)c1ccc(C[P+](C)(F)F)cc1.CC(C)c1ccc(C[P+](c2ccccc2)(c2ccccc2)c2ccccc2)cc1.CC[P+](CC)(CC)CC1CCC(C(C)C)CC1.CC[P+](CC)(CC)Cc1ccc(C(C)C)cc1. The Balaban J connectivity index is 0.000000234. The molecule has 0 aliphatic heterocycles. The Morgan fingerprint density at radius 2 is 0.426 bits per heavy atom. The average molecular weight is 2250 g/mol. The lowest BCUT2D eigenvalue weighted by molar-refractivity contribution is 0.234. The summed E-state index contributed by atoms with van der Waals surface area (Å²) in [5.74, 6) is 8.96. The Kier molecular flexibility index (Phi) is 58.4. The van der Waals surface area contributed by atoms with Crippen LogP contribution < -0.4 is 31.8 Å². The van der Waals surface area contributed by atoms with Gasteiger partial charge in [-0.05, 0) is 373 Å². The van der Waals surface area contributed by atoms with Gasteiger partial charge in [-0.25, -0.2) is 0 Å². The first-order valence-electron chi connectivity index (χ1n) is 57.2. The van der Waals surface area contributed by atoms with E-state index in [0.29, 0.717) is 29.6 Å². The average Bonchev–Trinajstić information content (AvgIpc) is 0.752. The third-order valence-corrected chi connectivity index (χ3v) is 58.4. The normalized spacial score (nSPS) is 18.5. The van der Waals surface area contributed by atoms with Crippen LogP contribution in [0.15, 0.2) is 279 Å². The van der Waals surface area contributed by atoms with Crippen LogP contribution in [0.2, 0.25) is 0 Å². The quantitative estimate of drug-likeness (QED) is 0.0271. The van der Waals surface area contributed by atoms with E-state index in [2.05, 4.69) is 407 Å². The molecule has 0 saturated heterocycles. The maximum atomic E-state index is 12.9. The molecule has 0 unspecified atom stereocenters. The van der Waals surface area contributed by atoms with Gasteiger partial charge in [0.15, 0.2) is 0 Å². The third-order valence-electron chi connectivity index (χ3n) is 33.3. The number of hydrogen-bond donors (Lipinski definition) is 0. The third kappa shape index (κ3) is 45.5. The van der Waals surface area contributed by atoms with Gasteiger partial charge in [0.25, 0.3) is 0 Å². The standard InChI is InChI=1S/C28H34P.C28H28P.C16H34P.C16H28P.C11H22Cl2P.C11H16Cl2P.C11H22F2P.C11H16F2P/c2*1-23(2)25-20-18-24(19-21-25)22-29(26-12-6-3-7-13-26,27-14-8-4-9-15-27)28-16-10-5-11-17-28;2*1-6-17(7-2,8-3)13-15-9-11-16(12-10-15)14(4)5;4*1-9(2)11-6-4-10(5-7-11)8-14(3,12)13/h3-17,23-25H,18-22H2,1-2H3;3-21,23H,22H2,1-2H3;14-16H,6-13H2,1-5H3;9-12,14H,6-8,13H2,1-5H3;9-11H,4-8H2,1-3H3;4-7,9H,8H2,1-3H3;9-11H,4-8H2,1-3H3;4-7,9H,8H2,1-3H3/q8*+1. The van der Waals surface area contributed by atoms with Crippen molar-refractivity contribution in [2.75, 3.05) is 88.3 Å². The molecule has 0 bridgehead atoms. The molecule has 0 radical (unpaired) electrons. The number of hydrogen-bond acceptors (Lipinski definition) is 0. The molecule has 0 heterocycles. The first kappa shape index (κ1) is 131. The molecule has 0 atom stereocenters. The van der Waals surface area contributed by atoms with Crippen LogP contribution in [0.25, 0.3) is 0 Å². The molecule has 0 aromatic heterocycles. The summed E-state index contributed by atoms with van der Waals surface area (Å²) in [6, 6.07) is 102. The number of benzene rings is 10. The molecule has 4 aliphatic carbocycles. The highest BCUT2D eigenvalue weighted by Gasteiger charge is 2.50. The summed E-state index contributed by atoms with van der Waals surface area (Å²) in [6.07, 6.45) is 37.5. The lowest BCUT2D eigenvalue weighted by atomic mass is 9.77. The second-order valence-corrected chi connectivity index (χ2v) is 83.0. The number of halogens is 8. The highest BCUT2D eigenvalue weighted by atomic mass is 35.9. The van der Waals surface area contributed by atoms with E-state index in [0.717, 1.165) is 115 Å². The fraction of sp³-hybridized carbons (Fsp3) is 0.545. The van der Waals surface area contributed by atoms with Gasteiger partial charge in [-0.1, -0.05) is 317 Å². The summed E-state index contributed by atoms with van der Waals surface area (Å²) < 4.78 is 51.3. The Morgan fingerprint density at radius 3 is 0.635 bits per heavy atom. The Morgan fingerprint density at radius 1 is 0.216 bits per heavy atom. The zero-order valence-corrected chi connectivity index (χ0v) is 107. The maximum Gasteiger partial charge on any atom is 0.389 e. The lowest BCUT2D eigenvalue weighted by Gasteiger charge is -2.35. The van der Waals surface area contributed by atoms with Crippen LogP contribution in [0.5, 0.6) is 0 Å². The zero-order valence-electron chi connectivity index (χ0n) is 96.6. The van der Waals surface area contributed by atoms with Crippen molar-refractivity contribution < 1.29 is 16.8 Å². The van der Waals surface area contributed by atoms with Gasteiger partial charge < -0.3 is 0 Å². The van der Waals surface area contributed by atoms with Gasteiger partial charge in [0.1, 0.15) is 123 Å². The fourth-order valence-electron chi connectivity index (χ4n) is 23.0. The molecular formula is C132H200Cl4F4P8+8. The summed E-state index contributed by atoms with van der Waals surface area (Å²) >= 11 is 24.4. The lowest BCUT2D eigenvalue weighted by Crippen LogP contribution is -2.36. The minimum absolute atomic E-state index is 0.0641. The predicted octanol–water partition coefficient (Wildman–Crippen LogP) is 43.9. The first-order valence-corrected chi connectivity index (χ1v) is 79.1. The second-order valence-electron chi connectivity index (χ2n) is 47.1. The van der Waals surface area contributed by atoms with Crippen LogP contribution in [0.3, 0.4) is 0 Å². The monoisotopic (exact) mass is 2250 g/mol. The van der Waals surface area contributed by atoms with Gasteiger partial charge >= 0.3 is 15.8 Å². The molecule has 10 aromatic rings. The fourth-order valence-corrected chi connectivity index (χ4v) is 44.7. The first-order chi connectivity index (χ1) is 70.1. The minimum Gasteiger partial charge on any atom is -0.0625 e. The van der Waals surface area contributed by atoms with Crippen molar-refractivity contribution in [3.63, 3.8) is 0 Å². The van der Waals surface area contributed by atoms with Crippen molar-refractivity contribution >= 4 is 134 Å². The van der Waals surface area contributed by atoms with E-state index in [4.69, 9.17) is 45.0 Å². The second kappa shape index (κ2) is 65.8. The van der Waals surface area contributed by atoms with Crippen molar-refractivity contribution in [1.29, 1.82) is 0 Å². The van der Waals surface area contributed by atoms with Crippen LogP contribution in [-0.4, -0.2) is 88.3 Å². The summed E-state index contributed by atoms with van der Waals surface area (Å²) in [7, 11) is -11.9. The van der Waals surface area contributed by atoms with E-state index in [1.807, 2.05) is 37.6 Å². The van der Waals surface area contributed by atoms with Crippen LogP contribution in [-0.2, 0) is 24.6 Å². The summed E-state index contributed by atoms with van der Waals surface area (Å²) in [6.45, 7) is 57.0. The Hall–Kier alpha value is -3.48. The molecular weight excluding hydrogens is 2050 g/mol. The highest BCUT2D eigenvalue weighted by molar-refractivity contribution is 8.17. The molecule has 816 valence electrons. The molecule has 4 fully saturated rings. The molecule has 4 saturated carbocycles. The van der Waals surface area contributed by atoms with E-state index in [1.165, 1.54) is 204 Å². The van der Waals surface area contributed by atoms with E-state index >= 15 is 0 Å². The van der Waals surface area contributed by atoms with Gasteiger partial charge in [0.05, 0.1) is 81.1 Å². The van der Waals surface area contributed by atoms with E-state index in [9.17, 15) is 16.8 Å². The van der Waals surface area contributed by atoms with Gasteiger partial charge in [-0.15, -0.1) is 0 Å². The van der Waals surface area contributed by atoms with Gasteiger partial charge in [-0.3, -0.25) is 0 Å². The molecule has 14 rings (SSSR count). The molecule has 4 aliphatic rings. The zero-order chi connectivity index (χ0) is 109. The molecule has 10 aromatic carbocycles. The summed E-state index contributed by atoms with van der Waals surface area (Å²) in [5, 5.41) is 8.90. The topological polar surface area (TPSA) is 0 Å². The van der Waals surface area contributed by atoms with Crippen molar-refractivity contribution in [3.8, 4) is 0 Å². The predicted molar refractivity (Wildman–Crippen MR) is 684 cm³/mol. The van der Waals surface area contributed by atoms with Crippen LogP contribution >= 0.6 is 102 Å². The van der Waals surface area contributed by atoms with Crippen molar-refractivity contribution in [2.24, 2.45) is 71.0 Å². The molecule has 148 heavy (non-hydrogen) atoms. The number of rotatable bonds is 36. The van der Waals surface area contributed by atoms with Crippen LogP contribution in [0.1, 0.15) is 323 Å². The van der Waals surface area contributed by atoms with E-state index < -0.39 is 56.8 Å². The van der Waals surface area contributed by atoms with Crippen molar-refractivity contribution in [3.05, 3.63) is 324 Å². The maximum absolute atomic E-state index is 12.9. The van der Waals surface area contributed by atoms with Crippen molar-refractivity contribution in [1.82, 2.24) is 0 Å². The smallest absolute Gasteiger partial charge is 0.0625 e. The van der Waals surface area contributed by atoms with Gasteiger partial charge in [-0.2, -0.15) is 0 Å². The molecule has 16 heteroatoms. The summed E-state index contributed by atoms with van der Waals surface area (Å²) in [4.78, 5) is 0. The van der Waals surface area contributed by atoms with E-state index in [-0.39, 0.29) is 12.3 Å².